The average molecular weight is 409 g/mol. The molecule has 0 unspecified atom stereocenters. The molecule has 2 N–H and O–H groups in total. The summed E-state index contributed by atoms with van der Waals surface area (Å²) in [5.74, 6) is -1.36. The molecule has 0 aromatic heterocycles. The number of ether oxygens (including phenoxy) is 2. The van der Waals surface area contributed by atoms with Gasteiger partial charge in [0, 0.05) is 7.05 Å². The van der Waals surface area contributed by atoms with Crippen LogP contribution in [0.5, 0.6) is 5.75 Å². The van der Waals surface area contributed by atoms with E-state index in [0.717, 1.165) is 25.3 Å². The van der Waals surface area contributed by atoms with Crippen molar-refractivity contribution < 1.29 is 27.5 Å². The highest BCUT2D eigenvalue weighted by Crippen LogP contribution is 2.32. The number of carbonyl (C=O) groups is 2. The van der Waals surface area contributed by atoms with Crippen LogP contribution in [0, 0.1) is 11.3 Å². The SMILES string of the molecule is COc1ccc(S(N)(=O)=O)cc1C(=O)OCC(=O)N(C)C1(C#N)CCCCC1. The molecule has 10 heteroatoms. The lowest BCUT2D eigenvalue weighted by molar-refractivity contribution is -0.138. The normalized spacial score (nSPS) is 15.9. The number of primary sulfonamides is 1. The first-order chi connectivity index (χ1) is 13.1. The Bertz CT molecular complexity index is 900. The van der Waals surface area contributed by atoms with Gasteiger partial charge in [-0.2, -0.15) is 5.26 Å². The van der Waals surface area contributed by atoms with Crippen LogP contribution in [0.1, 0.15) is 42.5 Å². The Labute approximate surface area is 164 Å². The van der Waals surface area contributed by atoms with Crippen LogP contribution in [0.25, 0.3) is 0 Å². The fourth-order valence-electron chi connectivity index (χ4n) is 3.22. The number of methoxy groups -OCH3 is 1. The van der Waals surface area contributed by atoms with Gasteiger partial charge >= 0.3 is 5.97 Å². The quantitative estimate of drug-likeness (QED) is 0.696. The second kappa shape index (κ2) is 8.58. The van der Waals surface area contributed by atoms with Gasteiger partial charge in [0.15, 0.2) is 6.61 Å². The Hall–Kier alpha value is -2.64. The van der Waals surface area contributed by atoms with Crippen molar-refractivity contribution in [2.75, 3.05) is 20.8 Å². The summed E-state index contributed by atoms with van der Waals surface area (Å²) in [6.45, 7) is -0.582. The first kappa shape index (κ1) is 21.7. The smallest absolute Gasteiger partial charge is 0.342 e. The molecule has 0 aliphatic heterocycles. The van der Waals surface area contributed by atoms with Crippen molar-refractivity contribution in [3.05, 3.63) is 23.8 Å². The monoisotopic (exact) mass is 409 g/mol. The zero-order valence-corrected chi connectivity index (χ0v) is 16.6. The van der Waals surface area contributed by atoms with Gasteiger partial charge in [0.1, 0.15) is 16.9 Å². The lowest BCUT2D eigenvalue weighted by atomic mass is 9.81. The van der Waals surface area contributed by atoms with Gasteiger partial charge in [-0.3, -0.25) is 4.79 Å². The second-order valence-corrected chi connectivity index (χ2v) is 8.20. The molecule has 1 saturated carbocycles. The van der Waals surface area contributed by atoms with Crippen LogP contribution < -0.4 is 9.88 Å². The maximum absolute atomic E-state index is 12.5. The van der Waals surface area contributed by atoms with E-state index in [1.54, 1.807) is 0 Å². The number of amides is 1. The van der Waals surface area contributed by atoms with E-state index < -0.39 is 34.0 Å². The van der Waals surface area contributed by atoms with Crippen molar-refractivity contribution >= 4 is 21.9 Å². The van der Waals surface area contributed by atoms with Gasteiger partial charge < -0.3 is 14.4 Å². The Kier molecular flexibility index (Phi) is 6.64. The lowest BCUT2D eigenvalue weighted by Crippen LogP contribution is -2.51. The molecule has 152 valence electrons. The zero-order chi connectivity index (χ0) is 20.9. The molecule has 0 radical (unpaired) electrons. The Morgan fingerprint density at radius 2 is 1.93 bits per heavy atom. The summed E-state index contributed by atoms with van der Waals surface area (Å²) in [6.07, 6.45) is 3.86. The Balaban J connectivity index is 2.13. The molecule has 0 bridgehead atoms. The van der Waals surface area contributed by atoms with Gasteiger partial charge in [0.05, 0.1) is 18.1 Å². The molecule has 0 atom stereocenters. The number of hydrogen-bond donors (Lipinski definition) is 1. The minimum atomic E-state index is -4.03. The lowest BCUT2D eigenvalue weighted by Gasteiger charge is -2.38. The highest BCUT2D eigenvalue weighted by Gasteiger charge is 2.39. The summed E-state index contributed by atoms with van der Waals surface area (Å²) in [4.78, 5) is 25.9. The molecule has 0 heterocycles. The number of benzene rings is 1. The van der Waals surface area contributed by atoms with Crippen LogP contribution in [-0.2, 0) is 19.6 Å². The van der Waals surface area contributed by atoms with Gasteiger partial charge in [0.2, 0.25) is 10.0 Å². The summed E-state index contributed by atoms with van der Waals surface area (Å²) in [7, 11) is -1.20. The molecule has 1 aliphatic carbocycles. The number of carbonyl (C=O) groups excluding carboxylic acids is 2. The van der Waals surface area contributed by atoms with Crippen molar-refractivity contribution in [1.29, 1.82) is 5.26 Å². The van der Waals surface area contributed by atoms with E-state index in [1.165, 1.54) is 31.2 Å². The van der Waals surface area contributed by atoms with E-state index in [9.17, 15) is 23.3 Å². The number of likely N-dealkylation sites (N-methyl/N-ethyl adjacent to an activating group) is 1. The highest BCUT2D eigenvalue weighted by atomic mass is 32.2. The first-order valence-electron chi connectivity index (χ1n) is 8.70. The molecular formula is C18H23N3O6S. The van der Waals surface area contributed by atoms with Crippen LogP contribution >= 0.6 is 0 Å². The number of hydrogen-bond acceptors (Lipinski definition) is 7. The minimum Gasteiger partial charge on any atom is -0.496 e. The number of esters is 1. The van der Waals surface area contributed by atoms with Crippen LogP contribution in [0.15, 0.2) is 23.1 Å². The van der Waals surface area contributed by atoms with Crippen LogP contribution in [0.2, 0.25) is 0 Å². The number of nitrogens with two attached hydrogens (primary N) is 1. The average Bonchev–Trinajstić information content (AvgIpc) is 2.70. The molecule has 1 aliphatic rings. The van der Waals surface area contributed by atoms with E-state index in [1.807, 2.05) is 0 Å². The molecule has 9 nitrogen and oxygen atoms in total. The fraction of sp³-hybridized carbons (Fsp3) is 0.500. The predicted octanol–water partition coefficient (Wildman–Crippen LogP) is 1.18. The maximum atomic E-state index is 12.5. The highest BCUT2D eigenvalue weighted by molar-refractivity contribution is 7.89. The van der Waals surface area contributed by atoms with E-state index in [-0.39, 0.29) is 16.2 Å². The minimum absolute atomic E-state index is 0.0824. The summed E-state index contributed by atoms with van der Waals surface area (Å²) < 4.78 is 33.1. The summed E-state index contributed by atoms with van der Waals surface area (Å²) in [5, 5.41) is 14.6. The summed E-state index contributed by atoms with van der Waals surface area (Å²) in [5.41, 5.74) is -1.07. The number of nitrogens with zero attached hydrogens (tertiary/aromatic N) is 2. The van der Waals surface area contributed by atoms with Crippen molar-refractivity contribution in [2.24, 2.45) is 5.14 Å². The third-order valence-corrected chi connectivity index (χ3v) is 5.86. The Morgan fingerprint density at radius 3 is 2.46 bits per heavy atom. The van der Waals surface area contributed by atoms with E-state index in [4.69, 9.17) is 14.6 Å². The van der Waals surface area contributed by atoms with Crippen LogP contribution in [0.4, 0.5) is 0 Å². The second-order valence-electron chi connectivity index (χ2n) is 6.64. The third kappa shape index (κ3) is 4.61. The summed E-state index contributed by atoms with van der Waals surface area (Å²) in [6, 6.07) is 5.73. The topological polar surface area (TPSA) is 140 Å². The van der Waals surface area contributed by atoms with E-state index in [0.29, 0.717) is 12.8 Å². The molecule has 28 heavy (non-hydrogen) atoms. The number of nitriles is 1. The first-order valence-corrected chi connectivity index (χ1v) is 10.2. The van der Waals surface area contributed by atoms with Crippen LogP contribution in [0.3, 0.4) is 0 Å². The molecule has 0 saturated heterocycles. The van der Waals surface area contributed by atoms with Gasteiger partial charge in [-0.25, -0.2) is 18.4 Å². The van der Waals surface area contributed by atoms with Gasteiger partial charge in [-0.15, -0.1) is 0 Å². The molecule has 1 aromatic carbocycles. The molecule has 1 amide bonds. The van der Waals surface area contributed by atoms with Gasteiger partial charge in [0.25, 0.3) is 5.91 Å². The number of rotatable bonds is 6. The van der Waals surface area contributed by atoms with Crippen LogP contribution in [-0.4, -0.2) is 51.5 Å². The Morgan fingerprint density at radius 1 is 1.29 bits per heavy atom. The predicted molar refractivity (Wildman–Crippen MR) is 98.8 cm³/mol. The molecular weight excluding hydrogens is 386 g/mol. The summed E-state index contributed by atoms with van der Waals surface area (Å²) >= 11 is 0. The molecule has 2 rings (SSSR count). The van der Waals surface area contributed by atoms with Crippen molar-refractivity contribution in [1.82, 2.24) is 4.90 Å². The van der Waals surface area contributed by atoms with Crippen molar-refractivity contribution in [3.63, 3.8) is 0 Å². The largest absolute Gasteiger partial charge is 0.496 e. The third-order valence-electron chi connectivity index (χ3n) is 4.95. The molecule has 1 fully saturated rings. The van der Waals surface area contributed by atoms with E-state index >= 15 is 0 Å². The van der Waals surface area contributed by atoms with E-state index in [2.05, 4.69) is 6.07 Å². The number of sulfonamides is 1. The molecule has 1 aromatic rings. The standard InChI is InChI=1S/C18H23N3O6S/c1-21(18(12-19)8-4-3-5-9-18)16(22)11-27-17(23)14-10-13(28(20,24)25)6-7-15(14)26-2/h6-7,10H,3-5,8-9,11H2,1-2H3,(H2,20,24,25). The zero-order valence-electron chi connectivity index (χ0n) is 15.8. The van der Waals surface area contributed by atoms with Crippen molar-refractivity contribution in [3.8, 4) is 11.8 Å². The van der Waals surface area contributed by atoms with Gasteiger partial charge in [-0.1, -0.05) is 19.3 Å². The fourth-order valence-corrected chi connectivity index (χ4v) is 3.76. The molecule has 0 spiro atoms. The maximum Gasteiger partial charge on any atom is 0.342 e. The van der Waals surface area contributed by atoms with Gasteiger partial charge in [-0.05, 0) is 31.0 Å². The van der Waals surface area contributed by atoms with Crippen molar-refractivity contribution in [2.45, 2.75) is 42.5 Å².